The molecule has 1 spiro atoms. The molecule has 1 atom stereocenters. The predicted molar refractivity (Wildman–Crippen MR) is 134 cm³/mol. The van der Waals surface area contributed by atoms with E-state index in [1.54, 1.807) is 23.7 Å². The molecule has 2 aromatic heterocycles. The summed E-state index contributed by atoms with van der Waals surface area (Å²) in [7, 11) is 0. The number of nitrogens with two attached hydrogens (primary N) is 1. The summed E-state index contributed by atoms with van der Waals surface area (Å²) in [5.74, 6) is 1.00. The Morgan fingerprint density at radius 1 is 1.00 bits per heavy atom. The molecule has 32 heavy (non-hydrogen) atoms. The van der Waals surface area contributed by atoms with Crippen molar-refractivity contribution in [3.63, 3.8) is 0 Å². The largest absolute Gasteiger partial charge is 0.355 e. The van der Waals surface area contributed by atoms with Crippen molar-refractivity contribution < 1.29 is 0 Å². The van der Waals surface area contributed by atoms with Crippen LogP contribution in [-0.4, -0.2) is 23.1 Å². The zero-order chi connectivity index (χ0) is 21.9. The number of thiophene rings is 1. The number of nitrogens with zero attached hydrogens (tertiary/aromatic N) is 3. The first-order valence-electron chi connectivity index (χ1n) is 10.8. The lowest BCUT2D eigenvalue weighted by Crippen LogP contribution is -2.44. The molecule has 0 amide bonds. The van der Waals surface area contributed by atoms with Gasteiger partial charge in [-0.1, -0.05) is 59.6 Å². The van der Waals surface area contributed by atoms with Crippen molar-refractivity contribution in [3.05, 3.63) is 75.3 Å². The van der Waals surface area contributed by atoms with Crippen molar-refractivity contribution in [1.82, 2.24) is 9.97 Å². The zero-order valence-electron chi connectivity index (χ0n) is 17.4. The third-order valence-corrected chi connectivity index (χ3v) is 9.01. The molecule has 1 aliphatic heterocycles. The molecule has 4 aromatic rings. The van der Waals surface area contributed by atoms with E-state index >= 15 is 0 Å². The summed E-state index contributed by atoms with van der Waals surface area (Å²) in [5, 5.41) is 3.21. The first-order chi connectivity index (χ1) is 15.6. The summed E-state index contributed by atoms with van der Waals surface area (Å²) in [6.45, 7) is 1.89. The fourth-order valence-corrected chi connectivity index (χ4v) is 6.87. The van der Waals surface area contributed by atoms with Gasteiger partial charge in [-0.25, -0.2) is 9.97 Å². The number of hydrogen-bond acceptors (Lipinski definition) is 5. The summed E-state index contributed by atoms with van der Waals surface area (Å²) >= 11 is 14.4. The lowest BCUT2D eigenvalue weighted by atomic mass is 9.73. The monoisotopic (exact) mass is 480 g/mol. The average molecular weight is 481 g/mol. The Balaban J connectivity index is 1.31. The van der Waals surface area contributed by atoms with Crippen molar-refractivity contribution in [3.8, 4) is 11.1 Å². The number of anilines is 1. The molecule has 3 heterocycles. The van der Waals surface area contributed by atoms with Crippen LogP contribution >= 0.6 is 34.5 Å². The summed E-state index contributed by atoms with van der Waals surface area (Å²) < 4.78 is 1.09. The predicted octanol–water partition coefficient (Wildman–Crippen LogP) is 6.51. The van der Waals surface area contributed by atoms with E-state index in [0.717, 1.165) is 59.5 Å². The molecular formula is C25H22Cl2N4S. The zero-order valence-corrected chi connectivity index (χ0v) is 19.7. The van der Waals surface area contributed by atoms with Crippen LogP contribution in [0.4, 0.5) is 5.82 Å². The molecule has 0 bridgehead atoms. The van der Waals surface area contributed by atoms with Crippen LogP contribution in [0.5, 0.6) is 0 Å². The number of aromatic nitrogens is 2. The fraction of sp³-hybridized carbons (Fsp3) is 0.280. The number of benzene rings is 2. The van der Waals surface area contributed by atoms with Gasteiger partial charge < -0.3 is 10.6 Å². The molecule has 0 unspecified atom stereocenters. The van der Waals surface area contributed by atoms with Gasteiger partial charge in [0.25, 0.3) is 0 Å². The van der Waals surface area contributed by atoms with E-state index in [4.69, 9.17) is 28.9 Å². The third kappa shape index (κ3) is 3.06. The van der Waals surface area contributed by atoms with Gasteiger partial charge in [0, 0.05) is 35.6 Å². The first-order valence-corrected chi connectivity index (χ1v) is 12.5. The van der Waals surface area contributed by atoms with Crippen LogP contribution in [0.2, 0.25) is 10.0 Å². The smallest absolute Gasteiger partial charge is 0.150 e. The van der Waals surface area contributed by atoms with E-state index < -0.39 is 0 Å². The van der Waals surface area contributed by atoms with E-state index in [-0.39, 0.29) is 11.5 Å². The first kappa shape index (κ1) is 20.4. The Morgan fingerprint density at radius 2 is 1.81 bits per heavy atom. The molecule has 2 aliphatic rings. The summed E-state index contributed by atoms with van der Waals surface area (Å²) in [6.07, 6.45) is 4.86. The maximum atomic E-state index is 6.76. The SMILES string of the molecule is N[C@@H]1c2ccccc2CC12CCN(c1ncnc3c(-c4cccc(Cl)c4Cl)csc13)CC2. The number of piperidine rings is 1. The summed E-state index contributed by atoms with van der Waals surface area (Å²) in [5.41, 5.74) is 12.5. The molecule has 0 saturated carbocycles. The second-order valence-corrected chi connectivity index (χ2v) is 10.5. The molecule has 162 valence electrons. The van der Waals surface area contributed by atoms with Gasteiger partial charge in [0.1, 0.15) is 12.1 Å². The maximum Gasteiger partial charge on any atom is 0.150 e. The Hall–Kier alpha value is -2.18. The normalized spacial score (nSPS) is 19.6. The van der Waals surface area contributed by atoms with Crippen LogP contribution in [0.15, 0.2) is 54.2 Å². The third-order valence-electron chi connectivity index (χ3n) is 7.23. The van der Waals surface area contributed by atoms with Crippen LogP contribution in [0.1, 0.15) is 30.0 Å². The number of halogens is 2. The molecule has 1 fully saturated rings. The minimum atomic E-state index is 0.115. The molecule has 1 saturated heterocycles. The van der Waals surface area contributed by atoms with Crippen molar-refractivity contribution in [2.24, 2.45) is 11.1 Å². The van der Waals surface area contributed by atoms with Crippen LogP contribution < -0.4 is 10.6 Å². The van der Waals surface area contributed by atoms with Crippen LogP contribution in [0, 0.1) is 5.41 Å². The highest BCUT2D eigenvalue weighted by Crippen LogP contribution is 2.51. The number of rotatable bonds is 2. The molecule has 0 radical (unpaired) electrons. The van der Waals surface area contributed by atoms with Crippen LogP contribution in [0.3, 0.4) is 0 Å². The van der Waals surface area contributed by atoms with E-state index in [1.807, 2.05) is 12.1 Å². The van der Waals surface area contributed by atoms with Gasteiger partial charge in [0.2, 0.25) is 0 Å². The minimum absolute atomic E-state index is 0.115. The fourth-order valence-electron chi connectivity index (χ4n) is 5.44. The Morgan fingerprint density at radius 3 is 2.62 bits per heavy atom. The van der Waals surface area contributed by atoms with Crippen molar-refractivity contribution in [2.75, 3.05) is 18.0 Å². The van der Waals surface area contributed by atoms with E-state index in [1.165, 1.54) is 11.1 Å². The molecule has 6 rings (SSSR count). The lowest BCUT2D eigenvalue weighted by Gasteiger charge is -2.42. The van der Waals surface area contributed by atoms with Gasteiger partial charge in [-0.2, -0.15) is 0 Å². The molecule has 2 aromatic carbocycles. The van der Waals surface area contributed by atoms with Gasteiger partial charge in [-0.15, -0.1) is 11.3 Å². The van der Waals surface area contributed by atoms with Gasteiger partial charge in [0.05, 0.1) is 20.3 Å². The van der Waals surface area contributed by atoms with Gasteiger partial charge in [0.15, 0.2) is 0 Å². The average Bonchev–Trinajstić information content (AvgIpc) is 3.36. The van der Waals surface area contributed by atoms with E-state index in [0.29, 0.717) is 10.0 Å². The molecule has 1 aliphatic carbocycles. The quantitative estimate of drug-likeness (QED) is 0.355. The molecule has 7 heteroatoms. The van der Waals surface area contributed by atoms with Crippen molar-refractivity contribution >= 4 is 50.6 Å². The van der Waals surface area contributed by atoms with Crippen LogP contribution in [-0.2, 0) is 6.42 Å². The highest BCUT2D eigenvalue weighted by atomic mass is 35.5. The molecule has 2 N–H and O–H groups in total. The summed E-state index contributed by atoms with van der Waals surface area (Å²) in [4.78, 5) is 11.7. The highest BCUT2D eigenvalue weighted by Gasteiger charge is 2.46. The van der Waals surface area contributed by atoms with Crippen molar-refractivity contribution in [1.29, 1.82) is 0 Å². The summed E-state index contributed by atoms with van der Waals surface area (Å²) in [6, 6.07) is 14.5. The topological polar surface area (TPSA) is 55.0 Å². The van der Waals surface area contributed by atoms with E-state index in [9.17, 15) is 0 Å². The maximum absolute atomic E-state index is 6.76. The lowest BCUT2D eigenvalue weighted by molar-refractivity contribution is 0.187. The second kappa shape index (κ2) is 7.70. The van der Waals surface area contributed by atoms with Gasteiger partial charge in [-0.3, -0.25) is 0 Å². The Bertz CT molecular complexity index is 1330. The highest BCUT2D eigenvalue weighted by molar-refractivity contribution is 7.18. The van der Waals surface area contributed by atoms with E-state index in [2.05, 4.69) is 44.5 Å². The van der Waals surface area contributed by atoms with Crippen LogP contribution in [0.25, 0.3) is 21.3 Å². The van der Waals surface area contributed by atoms with Gasteiger partial charge in [-0.05, 0) is 41.9 Å². The Labute approximate surface area is 201 Å². The van der Waals surface area contributed by atoms with Crippen molar-refractivity contribution in [2.45, 2.75) is 25.3 Å². The molecule has 4 nitrogen and oxygen atoms in total. The number of hydrogen-bond donors (Lipinski definition) is 1. The number of fused-ring (bicyclic) bond motifs is 2. The molecular weight excluding hydrogens is 459 g/mol. The minimum Gasteiger partial charge on any atom is -0.355 e. The Kier molecular flexibility index (Phi) is 4.92. The standard InChI is InChI=1S/C25H22Cl2N4S/c26-19-7-3-6-17(20(19)27)18-13-32-22-21(18)29-14-30-24(22)31-10-8-25(9-11-31)12-15-4-1-2-5-16(15)23(25)28/h1-7,13-14,23H,8-12,28H2/t23-/m1/s1. The van der Waals surface area contributed by atoms with Gasteiger partial charge >= 0.3 is 0 Å². The second-order valence-electron chi connectivity index (χ2n) is 8.83.